The van der Waals surface area contributed by atoms with Gasteiger partial charge in [-0.2, -0.15) is 4.31 Å². The first-order chi connectivity index (χ1) is 16.8. The number of hydrogen-bond acceptors (Lipinski definition) is 5. The molecule has 0 spiro atoms. The molecule has 0 unspecified atom stereocenters. The highest BCUT2D eigenvalue weighted by Crippen LogP contribution is 2.31. The van der Waals surface area contributed by atoms with Gasteiger partial charge in [-0.3, -0.25) is 0 Å². The van der Waals surface area contributed by atoms with E-state index in [0.29, 0.717) is 55.6 Å². The normalized spacial score (nSPS) is 17.3. The van der Waals surface area contributed by atoms with Gasteiger partial charge in [-0.05, 0) is 74.4 Å². The fraction of sp³-hybridized carbons (Fsp3) is 0.500. The van der Waals surface area contributed by atoms with E-state index < -0.39 is 10.0 Å². The number of nitrogens with zero attached hydrogens (tertiary/aromatic N) is 3. The molecule has 1 aromatic heterocycles. The SMILES string of the molecule is CCOCCCn1c(SCc2ccc(C)c(F)c2)nc2cc(S(=O)(=O)N3CCC[C@@H](C)C3)ccc21. The van der Waals surface area contributed by atoms with Gasteiger partial charge in [0.05, 0.1) is 15.9 Å². The van der Waals surface area contributed by atoms with E-state index in [1.807, 2.05) is 19.1 Å². The summed E-state index contributed by atoms with van der Waals surface area (Å²) in [5, 5.41) is 0.790. The van der Waals surface area contributed by atoms with Crippen molar-refractivity contribution in [1.82, 2.24) is 13.9 Å². The van der Waals surface area contributed by atoms with Crippen LogP contribution in [0.5, 0.6) is 0 Å². The van der Waals surface area contributed by atoms with Crippen LogP contribution in [0.15, 0.2) is 46.5 Å². The summed E-state index contributed by atoms with van der Waals surface area (Å²) in [5.74, 6) is 0.722. The maximum Gasteiger partial charge on any atom is 0.243 e. The third kappa shape index (κ3) is 6.07. The minimum Gasteiger partial charge on any atom is -0.382 e. The second-order valence-electron chi connectivity index (χ2n) is 9.23. The van der Waals surface area contributed by atoms with E-state index in [1.165, 1.54) is 11.8 Å². The highest BCUT2D eigenvalue weighted by molar-refractivity contribution is 7.98. The third-order valence-corrected chi connectivity index (χ3v) is 9.33. The zero-order valence-corrected chi connectivity index (χ0v) is 22.3. The van der Waals surface area contributed by atoms with Crippen molar-refractivity contribution >= 4 is 32.8 Å². The molecule has 2 heterocycles. The van der Waals surface area contributed by atoms with E-state index in [9.17, 15) is 12.8 Å². The molecule has 9 heteroatoms. The molecule has 0 bridgehead atoms. The maximum atomic E-state index is 14.0. The van der Waals surface area contributed by atoms with Gasteiger partial charge in [0.2, 0.25) is 10.0 Å². The van der Waals surface area contributed by atoms with Crippen molar-refractivity contribution in [2.24, 2.45) is 5.92 Å². The number of ether oxygens (including phenoxy) is 1. The van der Waals surface area contributed by atoms with Crippen LogP contribution in [-0.4, -0.2) is 48.6 Å². The van der Waals surface area contributed by atoms with Crippen LogP contribution >= 0.6 is 11.8 Å². The summed E-state index contributed by atoms with van der Waals surface area (Å²) >= 11 is 1.53. The van der Waals surface area contributed by atoms with Gasteiger partial charge >= 0.3 is 0 Å². The molecule has 0 aliphatic carbocycles. The van der Waals surface area contributed by atoms with Crippen LogP contribution in [-0.2, 0) is 27.1 Å². The molecule has 2 aromatic carbocycles. The average molecular weight is 520 g/mol. The van der Waals surface area contributed by atoms with Gasteiger partial charge in [-0.25, -0.2) is 17.8 Å². The second-order valence-corrected chi connectivity index (χ2v) is 12.1. The van der Waals surface area contributed by atoms with E-state index in [4.69, 9.17) is 9.72 Å². The minimum absolute atomic E-state index is 0.213. The lowest BCUT2D eigenvalue weighted by Crippen LogP contribution is -2.39. The Bertz CT molecular complexity index is 1280. The molecule has 1 aliphatic heterocycles. The number of piperidine rings is 1. The fourth-order valence-electron chi connectivity index (χ4n) is 4.43. The smallest absolute Gasteiger partial charge is 0.243 e. The van der Waals surface area contributed by atoms with Crippen LogP contribution in [0.1, 0.15) is 44.2 Å². The second kappa shape index (κ2) is 11.4. The summed E-state index contributed by atoms with van der Waals surface area (Å²) in [6.07, 6.45) is 2.76. The number of sulfonamides is 1. The quantitative estimate of drug-likeness (QED) is 0.257. The summed E-state index contributed by atoms with van der Waals surface area (Å²) in [6.45, 7) is 8.95. The van der Waals surface area contributed by atoms with Crippen molar-refractivity contribution < 1.29 is 17.5 Å². The zero-order chi connectivity index (χ0) is 25.0. The lowest BCUT2D eigenvalue weighted by Gasteiger charge is -2.30. The topological polar surface area (TPSA) is 64.4 Å². The van der Waals surface area contributed by atoms with Gasteiger partial charge in [0, 0.05) is 38.6 Å². The largest absolute Gasteiger partial charge is 0.382 e. The number of fused-ring (bicyclic) bond motifs is 1. The zero-order valence-electron chi connectivity index (χ0n) is 20.7. The number of aromatic nitrogens is 2. The molecule has 1 aliphatic rings. The van der Waals surface area contributed by atoms with Crippen molar-refractivity contribution in [1.29, 1.82) is 0 Å². The molecule has 1 atom stereocenters. The lowest BCUT2D eigenvalue weighted by molar-refractivity contribution is 0.141. The molecule has 4 rings (SSSR count). The Labute approximate surface area is 211 Å². The number of aryl methyl sites for hydroxylation is 2. The Hall–Kier alpha value is -1.94. The Balaban J connectivity index is 1.63. The van der Waals surface area contributed by atoms with Crippen LogP contribution in [0, 0.1) is 18.7 Å². The maximum absolute atomic E-state index is 14.0. The monoisotopic (exact) mass is 519 g/mol. The highest BCUT2D eigenvalue weighted by atomic mass is 32.2. The number of thioether (sulfide) groups is 1. The number of halogens is 1. The molecule has 190 valence electrons. The number of benzene rings is 2. The van der Waals surface area contributed by atoms with E-state index in [2.05, 4.69) is 11.5 Å². The lowest BCUT2D eigenvalue weighted by atomic mass is 10.0. The Kier molecular flexibility index (Phi) is 8.52. The fourth-order valence-corrected chi connectivity index (χ4v) is 7.03. The molecule has 0 saturated carbocycles. The molecule has 0 amide bonds. The van der Waals surface area contributed by atoms with E-state index in [-0.39, 0.29) is 10.7 Å². The van der Waals surface area contributed by atoms with Crippen LogP contribution in [0.3, 0.4) is 0 Å². The summed E-state index contributed by atoms with van der Waals surface area (Å²) in [6, 6.07) is 10.5. The van der Waals surface area contributed by atoms with Crippen LogP contribution in [0.25, 0.3) is 11.0 Å². The van der Waals surface area contributed by atoms with Gasteiger partial charge in [0.1, 0.15) is 5.82 Å². The first-order valence-corrected chi connectivity index (χ1v) is 14.7. The molecule has 6 nitrogen and oxygen atoms in total. The van der Waals surface area contributed by atoms with Gasteiger partial charge < -0.3 is 9.30 Å². The van der Waals surface area contributed by atoms with Crippen LogP contribution in [0.2, 0.25) is 0 Å². The van der Waals surface area contributed by atoms with Gasteiger partial charge in [0.15, 0.2) is 5.16 Å². The molecule has 0 radical (unpaired) electrons. The molecule has 0 N–H and O–H groups in total. The van der Waals surface area contributed by atoms with Crippen molar-refractivity contribution in [2.45, 2.75) is 62.4 Å². The highest BCUT2D eigenvalue weighted by Gasteiger charge is 2.29. The van der Waals surface area contributed by atoms with Crippen molar-refractivity contribution in [3.8, 4) is 0 Å². The van der Waals surface area contributed by atoms with Crippen molar-refractivity contribution in [3.63, 3.8) is 0 Å². The third-order valence-electron chi connectivity index (χ3n) is 6.42. The minimum atomic E-state index is -3.56. The predicted molar refractivity (Wildman–Crippen MR) is 139 cm³/mol. The van der Waals surface area contributed by atoms with E-state index >= 15 is 0 Å². The number of rotatable bonds is 10. The summed E-state index contributed by atoms with van der Waals surface area (Å²) in [4.78, 5) is 5.10. The molecule has 1 fully saturated rings. The van der Waals surface area contributed by atoms with Crippen LogP contribution in [0.4, 0.5) is 4.39 Å². The summed E-state index contributed by atoms with van der Waals surface area (Å²) < 4.78 is 49.9. The summed E-state index contributed by atoms with van der Waals surface area (Å²) in [7, 11) is -3.56. The van der Waals surface area contributed by atoms with Gasteiger partial charge in [-0.15, -0.1) is 0 Å². The molecular weight excluding hydrogens is 485 g/mol. The molecule has 35 heavy (non-hydrogen) atoms. The number of imidazole rings is 1. The first kappa shape index (κ1) is 26.1. The molecule has 1 saturated heterocycles. The van der Waals surface area contributed by atoms with Gasteiger partial charge in [0.25, 0.3) is 0 Å². The van der Waals surface area contributed by atoms with Crippen LogP contribution < -0.4 is 0 Å². The average Bonchev–Trinajstić information content (AvgIpc) is 3.19. The molecular formula is C26H34FN3O3S2. The van der Waals surface area contributed by atoms with E-state index in [1.54, 1.807) is 35.5 Å². The first-order valence-electron chi connectivity index (χ1n) is 12.3. The number of hydrogen-bond donors (Lipinski definition) is 0. The molecule has 3 aromatic rings. The van der Waals surface area contributed by atoms with Crippen molar-refractivity contribution in [2.75, 3.05) is 26.3 Å². The Morgan fingerprint density at radius 1 is 1.23 bits per heavy atom. The van der Waals surface area contributed by atoms with E-state index in [0.717, 1.165) is 35.5 Å². The Morgan fingerprint density at radius 2 is 2.06 bits per heavy atom. The predicted octanol–water partition coefficient (Wildman–Crippen LogP) is 5.62. The Morgan fingerprint density at radius 3 is 2.80 bits per heavy atom. The summed E-state index contributed by atoms with van der Waals surface area (Å²) in [5.41, 5.74) is 3.06. The van der Waals surface area contributed by atoms with Crippen molar-refractivity contribution in [3.05, 3.63) is 53.3 Å². The standard InChI is InChI=1S/C26H34FN3O3S2/c1-4-33-14-6-13-30-25-11-10-22(35(31,32)29-12-5-7-19(2)17-29)16-24(25)28-26(30)34-18-21-9-8-20(3)23(27)15-21/h8-11,15-16,19H,4-7,12-14,17-18H2,1-3H3/t19-/m1/s1. The van der Waals surface area contributed by atoms with Gasteiger partial charge in [-0.1, -0.05) is 30.8 Å².